The van der Waals surface area contributed by atoms with Crippen LogP contribution in [0, 0.1) is 0 Å². The molecular weight excluding hydrogens is 237 g/mol. The fraction of sp³-hybridized carbons (Fsp3) is 0. The molecule has 78 valence electrons. The van der Waals surface area contributed by atoms with Gasteiger partial charge in [0.25, 0.3) is 10.1 Å². The van der Waals surface area contributed by atoms with Gasteiger partial charge in [0.1, 0.15) is 4.90 Å². The van der Waals surface area contributed by atoms with Gasteiger partial charge in [-0.15, -0.1) is 0 Å². The molecule has 0 saturated heterocycles. The molecule has 3 N–H and O–H groups in total. The van der Waals surface area contributed by atoms with E-state index in [9.17, 15) is 8.42 Å². The van der Waals surface area contributed by atoms with Crippen molar-refractivity contribution in [2.24, 2.45) is 0 Å². The summed E-state index contributed by atoms with van der Waals surface area (Å²) in [5, 5.41) is 1.45. The van der Waals surface area contributed by atoms with E-state index < -0.39 is 10.1 Å². The predicted molar refractivity (Wildman–Crippen MR) is 58.2 cm³/mol. The molecule has 0 atom stereocenters. The number of hydrogen-bond donors (Lipinski definition) is 2. The van der Waals surface area contributed by atoms with Crippen LogP contribution in [0.4, 0.5) is 5.69 Å². The molecule has 4 nitrogen and oxygen atoms in total. The molecule has 6 heteroatoms. The topological polar surface area (TPSA) is 80.4 Å². The molecule has 0 unspecified atom stereocenters. The van der Waals surface area contributed by atoms with Gasteiger partial charge >= 0.3 is 29.6 Å². The molecule has 0 radical (unpaired) electrons. The van der Waals surface area contributed by atoms with Crippen LogP contribution >= 0.6 is 0 Å². The zero-order valence-electron chi connectivity index (χ0n) is 8.71. The molecule has 16 heavy (non-hydrogen) atoms. The van der Waals surface area contributed by atoms with Crippen molar-refractivity contribution < 1.29 is 42.5 Å². The van der Waals surface area contributed by atoms with Crippen LogP contribution in [0.25, 0.3) is 10.8 Å². The van der Waals surface area contributed by atoms with Gasteiger partial charge in [0.2, 0.25) is 0 Å². The first-order valence-corrected chi connectivity index (χ1v) is 5.69. The van der Waals surface area contributed by atoms with E-state index in [1.807, 2.05) is 12.1 Å². The number of nitrogens with two attached hydrogens (primary N) is 1. The van der Waals surface area contributed by atoms with E-state index in [4.69, 9.17) is 10.3 Å². The van der Waals surface area contributed by atoms with E-state index in [1.165, 1.54) is 6.07 Å². The molecule has 2 aromatic carbocycles. The Labute approximate surface area is 115 Å². The van der Waals surface area contributed by atoms with Crippen molar-refractivity contribution in [3.05, 3.63) is 36.4 Å². The number of nitrogen functional groups attached to an aromatic ring is 1. The maximum Gasteiger partial charge on any atom is 1.00 e. The fourth-order valence-electron chi connectivity index (χ4n) is 1.50. The Morgan fingerprint density at radius 2 is 1.69 bits per heavy atom. The molecule has 0 saturated carbocycles. The quantitative estimate of drug-likeness (QED) is 0.371. The third-order valence-electron chi connectivity index (χ3n) is 2.21. The third kappa shape index (κ3) is 2.39. The zero-order chi connectivity index (χ0) is 11.1. The van der Waals surface area contributed by atoms with Gasteiger partial charge < -0.3 is 5.73 Å². The second-order valence-electron chi connectivity index (χ2n) is 3.17. The number of rotatable bonds is 1. The van der Waals surface area contributed by atoms with E-state index in [-0.39, 0.29) is 40.1 Å². The minimum atomic E-state index is -4.25. The van der Waals surface area contributed by atoms with Crippen LogP contribution in [0.3, 0.4) is 0 Å². The largest absolute Gasteiger partial charge is 1.00 e. The zero-order valence-corrected chi connectivity index (χ0v) is 11.5. The van der Waals surface area contributed by atoms with Crippen LogP contribution in [0.5, 0.6) is 0 Å². The predicted octanol–water partition coefficient (Wildman–Crippen LogP) is -1.33. The van der Waals surface area contributed by atoms with E-state index in [2.05, 4.69) is 0 Å². The Morgan fingerprint density at radius 3 is 2.31 bits per heavy atom. The fourth-order valence-corrected chi connectivity index (χ4v) is 2.13. The van der Waals surface area contributed by atoms with Gasteiger partial charge in [-0.05, 0) is 11.5 Å². The van der Waals surface area contributed by atoms with Crippen molar-refractivity contribution in [3.8, 4) is 0 Å². The average molecular weight is 246 g/mol. The molecule has 0 aliphatic carbocycles. The maximum atomic E-state index is 11.0. The van der Waals surface area contributed by atoms with Crippen LogP contribution < -0.4 is 35.3 Å². The normalized spacial score (nSPS) is 11.1. The Balaban J connectivity index is 0.00000128. The second-order valence-corrected chi connectivity index (χ2v) is 4.56. The number of anilines is 1. The number of fused-ring (bicyclic) bond motifs is 1. The van der Waals surface area contributed by atoms with E-state index >= 15 is 0 Å². The first-order chi connectivity index (χ1) is 7.00. The maximum absolute atomic E-state index is 11.0. The summed E-state index contributed by atoms with van der Waals surface area (Å²) >= 11 is 0. The molecule has 0 amide bonds. The van der Waals surface area contributed by atoms with Gasteiger partial charge in [-0.1, -0.05) is 30.3 Å². The van der Waals surface area contributed by atoms with Crippen LogP contribution in [-0.2, 0) is 10.1 Å². The van der Waals surface area contributed by atoms with E-state index in [0.29, 0.717) is 5.39 Å². The molecule has 0 heterocycles. The molecule has 0 aromatic heterocycles. The first-order valence-electron chi connectivity index (χ1n) is 4.25. The molecule has 0 bridgehead atoms. The molecule has 2 rings (SSSR count). The Hall–Kier alpha value is -0.590. The van der Waals surface area contributed by atoms with Gasteiger partial charge in [0.05, 0.1) is 5.69 Å². The van der Waals surface area contributed by atoms with Crippen molar-refractivity contribution in [1.82, 2.24) is 0 Å². The monoisotopic (exact) mass is 246 g/mol. The molecule has 0 aliphatic heterocycles. The summed E-state index contributed by atoms with van der Waals surface area (Å²) in [6, 6.07) is 10.0. The van der Waals surface area contributed by atoms with E-state index in [1.54, 1.807) is 18.2 Å². The number of hydrogen-bond acceptors (Lipinski definition) is 3. The van der Waals surface area contributed by atoms with Crippen molar-refractivity contribution in [2.75, 3.05) is 5.73 Å². The van der Waals surface area contributed by atoms with Gasteiger partial charge in [0, 0.05) is 5.39 Å². The van der Waals surface area contributed by atoms with Crippen molar-refractivity contribution in [1.29, 1.82) is 0 Å². The summed E-state index contributed by atoms with van der Waals surface area (Å²) < 4.78 is 30.9. The summed E-state index contributed by atoms with van der Waals surface area (Å²) in [7, 11) is -4.25. The van der Waals surface area contributed by atoms with Gasteiger partial charge in [-0.3, -0.25) is 4.55 Å². The van der Waals surface area contributed by atoms with Crippen molar-refractivity contribution in [3.63, 3.8) is 0 Å². The van der Waals surface area contributed by atoms with Crippen molar-refractivity contribution >= 4 is 26.6 Å². The summed E-state index contributed by atoms with van der Waals surface area (Å²) in [4.78, 5) is -0.249. The van der Waals surface area contributed by atoms with Gasteiger partial charge in [0.15, 0.2) is 0 Å². The van der Waals surface area contributed by atoms with Crippen LogP contribution in [-0.4, -0.2) is 13.0 Å². The molecular formula is C10H9NNaO3S+. The standard InChI is InChI=1S/C10H9NO3S.Na/c11-10-8-4-2-1-3-7(8)5-6-9(10)15(12,13)14;/h1-6H,11H2,(H,12,13,14);/q;+1. The molecule has 0 fully saturated rings. The number of benzene rings is 2. The minimum Gasteiger partial charge on any atom is -0.397 e. The molecule has 0 aliphatic rings. The summed E-state index contributed by atoms with van der Waals surface area (Å²) in [6.45, 7) is 0. The summed E-state index contributed by atoms with van der Waals surface area (Å²) in [6.07, 6.45) is 0. The van der Waals surface area contributed by atoms with E-state index in [0.717, 1.165) is 5.39 Å². The summed E-state index contributed by atoms with van der Waals surface area (Å²) in [5.74, 6) is 0. The Kier molecular flexibility index (Phi) is 3.98. The average Bonchev–Trinajstić information content (AvgIpc) is 2.16. The van der Waals surface area contributed by atoms with Crippen LogP contribution in [0.1, 0.15) is 0 Å². The smallest absolute Gasteiger partial charge is 0.397 e. The summed E-state index contributed by atoms with van der Waals surface area (Å²) in [5.41, 5.74) is 5.75. The SMILES string of the molecule is Nc1c(S(=O)(=O)O)ccc2ccccc12.[Na+]. The minimum absolute atomic E-state index is 0. The molecule has 0 spiro atoms. The van der Waals surface area contributed by atoms with Crippen molar-refractivity contribution in [2.45, 2.75) is 4.90 Å². The third-order valence-corrected chi connectivity index (χ3v) is 3.12. The van der Waals surface area contributed by atoms with Gasteiger partial charge in [-0.2, -0.15) is 8.42 Å². The Bertz CT molecular complexity index is 625. The second kappa shape index (κ2) is 4.73. The first kappa shape index (κ1) is 13.5. The molecule has 2 aromatic rings. The van der Waals surface area contributed by atoms with Crippen LogP contribution in [0.2, 0.25) is 0 Å². The van der Waals surface area contributed by atoms with Crippen LogP contribution in [0.15, 0.2) is 41.3 Å². The Morgan fingerprint density at radius 1 is 1.06 bits per heavy atom. The van der Waals surface area contributed by atoms with Gasteiger partial charge in [-0.25, -0.2) is 0 Å².